The number of unbranched alkanes of at least 4 members (excludes halogenated alkanes) is 1. The van der Waals surface area contributed by atoms with Crippen molar-refractivity contribution in [3.63, 3.8) is 0 Å². The van der Waals surface area contributed by atoms with Gasteiger partial charge < -0.3 is 5.32 Å². The fourth-order valence-corrected chi connectivity index (χ4v) is 3.71. The van der Waals surface area contributed by atoms with Crippen molar-refractivity contribution in [2.45, 2.75) is 44.3 Å². The molecule has 0 saturated carbocycles. The van der Waals surface area contributed by atoms with Gasteiger partial charge in [-0.1, -0.05) is 37.6 Å². The Balaban J connectivity index is 1.82. The van der Waals surface area contributed by atoms with Gasteiger partial charge in [0.05, 0.1) is 5.75 Å². The molecule has 2 nitrogen and oxygen atoms in total. The Bertz CT molecular complexity index is 419. The van der Waals surface area contributed by atoms with E-state index in [-0.39, 0.29) is 5.91 Å². The third-order valence-electron chi connectivity index (χ3n) is 3.58. The number of nitrogens with one attached hydrogen (secondary N) is 1. The molecule has 19 heavy (non-hydrogen) atoms. The van der Waals surface area contributed by atoms with Gasteiger partial charge in [-0.3, -0.25) is 4.79 Å². The molecule has 0 unspecified atom stereocenters. The van der Waals surface area contributed by atoms with Gasteiger partial charge in [-0.05, 0) is 36.8 Å². The summed E-state index contributed by atoms with van der Waals surface area (Å²) in [5, 5.41) is 3.49. The Labute approximate surface area is 120 Å². The predicted octanol–water partition coefficient (Wildman–Crippen LogP) is 3.71. The molecule has 0 bridgehead atoms. The van der Waals surface area contributed by atoms with E-state index in [2.05, 4.69) is 36.5 Å². The molecule has 1 aliphatic rings. The molecule has 1 aliphatic carbocycles. The van der Waals surface area contributed by atoms with E-state index < -0.39 is 0 Å². The largest absolute Gasteiger partial charge is 0.355 e. The lowest BCUT2D eigenvalue weighted by atomic mass is 9.91. The average Bonchev–Trinajstić information content (AvgIpc) is 2.45. The summed E-state index contributed by atoms with van der Waals surface area (Å²) in [6, 6.07) is 8.67. The first kappa shape index (κ1) is 14.4. The van der Waals surface area contributed by atoms with Gasteiger partial charge in [0.15, 0.2) is 0 Å². The second-order valence-electron chi connectivity index (χ2n) is 5.09. The van der Waals surface area contributed by atoms with Crippen molar-refractivity contribution in [3.8, 4) is 0 Å². The molecule has 1 amide bonds. The van der Waals surface area contributed by atoms with E-state index in [1.54, 1.807) is 11.8 Å². The van der Waals surface area contributed by atoms with Crippen LogP contribution in [0.1, 0.15) is 49.0 Å². The molecule has 0 fully saturated rings. The highest BCUT2D eigenvalue weighted by Crippen LogP contribution is 2.39. The lowest BCUT2D eigenvalue weighted by molar-refractivity contribution is -0.118. The third-order valence-corrected chi connectivity index (χ3v) is 4.90. The third kappa shape index (κ3) is 4.27. The lowest BCUT2D eigenvalue weighted by Gasteiger charge is -2.24. The topological polar surface area (TPSA) is 29.1 Å². The van der Waals surface area contributed by atoms with Crippen LogP contribution in [0.3, 0.4) is 0 Å². The minimum absolute atomic E-state index is 0.182. The maximum atomic E-state index is 11.7. The van der Waals surface area contributed by atoms with Crippen LogP contribution >= 0.6 is 11.8 Å². The number of rotatable bonds is 6. The maximum absolute atomic E-state index is 11.7. The first-order valence-corrected chi connectivity index (χ1v) is 8.32. The van der Waals surface area contributed by atoms with E-state index in [0.717, 1.165) is 19.4 Å². The summed E-state index contributed by atoms with van der Waals surface area (Å²) in [6.45, 7) is 2.96. The van der Waals surface area contributed by atoms with E-state index in [1.807, 2.05) is 0 Å². The van der Waals surface area contributed by atoms with Crippen LogP contribution in [0.5, 0.6) is 0 Å². The van der Waals surface area contributed by atoms with Gasteiger partial charge >= 0.3 is 0 Å². The molecule has 0 aromatic heterocycles. The molecule has 1 aromatic carbocycles. The van der Waals surface area contributed by atoms with Crippen LogP contribution in [0.4, 0.5) is 0 Å². The van der Waals surface area contributed by atoms with Crippen molar-refractivity contribution in [1.29, 1.82) is 0 Å². The molecule has 104 valence electrons. The van der Waals surface area contributed by atoms with E-state index in [4.69, 9.17) is 0 Å². The summed E-state index contributed by atoms with van der Waals surface area (Å²) in [6.07, 6.45) is 5.83. The summed E-state index contributed by atoms with van der Waals surface area (Å²) >= 11 is 1.79. The van der Waals surface area contributed by atoms with Crippen molar-refractivity contribution in [1.82, 2.24) is 5.32 Å². The van der Waals surface area contributed by atoms with Gasteiger partial charge in [0.25, 0.3) is 0 Å². The number of carbonyl (C=O) groups is 1. The van der Waals surface area contributed by atoms with Crippen molar-refractivity contribution in [2.24, 2.45) is 0 Å². The van der Waals surface area contributed by atoms with Crippen molar-refractivity contribution < 1.29 is 4.79 Å². The fourth-order valence-electron chi connectivity index (χ4n) is 2.51. The SMILES string of the molecule is CCCCNC(=O)CS[C@@H]1CCCc2ccccc21. The summed E-state index contributed by atoms with van der Waals surface area (Å²) in [5.41, 5.74) is 2.91. The average molecular weight is 277 g/mol. The molecule has 1 N–H and O–H groups in total. The van der Waals surface area contributed by atoms with Crippen LogP contribution < -0.4 is 5.32 Å². The molecule has 1 atom stereocenters. The molecule has 0 saturated heterocycles. The minimum atomic E-state index is 0.182. The van der Waals surface area contributed by atoms with E-state index >= 15 is 0 Å². The van der Waals surface area contributed by atoms with Gasteiger partial charge in [0, 0.05) is 11.8 Å². The summed E-state index contributed by atoms with van der Waals surface area (Å²) < 4.78 is 0. The first-order valence-electron chi connectivity index (χ1n) is 7.27. The van der Waals surface area contributed by atoms with Crippen molar-refractivity contribution in [2.75, 3.05) is 12.3 Å². The monoisotopic (exact) mass is 277 g/mol. The van der Waals surface area contributed by atoms with Gasteiger partial charge in [-0.2, -0.15) is 0 Å². The molecule has 2 rings (SSSR count). The molecule has 1 aromatic rings. The highest BCUT2D eigenvalue weighted by atomic mass is 32.2. The lowest BCUT2D eigenvalue weighted by Crippen LogP contribution is -2.26. The minimum Gasteiger partial charge on any atom is -0.355 e. The maximum Gasteiger partial charge on any atom is 0.230 e. The summed E-state index contributed by atoms with van der Waals surface area (Å²) in [7, 11) is 0. The van der Waals surface area contributed by atoms with Crippen LogP contribution in [-0.2, 0) is 11.2 Å². The predicted molar refractivity (Wildman–Crippen MR) is 82.5 cm³/mol. The molecular formula is C16H23NOS. The fraction of sp³-hybridized carbons (Fsp3) is 0.562. The zero-order chi connectivity index (χ0) is 13.5. The second kappa shape index (κ2) is 7.59. The highest BCUT2D eigenvalue weighted by Gasteiger charge is 2.20. The van der Waals surface area contributed by atoms with Crippen LogP contribution in [-0.4, -0.2) is 18.2 Å². The van der Waals surface area contributed by atoms with Crippen LogP contribution in [0.15, 0.2) is 24.3 Å². The Morgan fingerprint density at radius 2 is 2.26 bits per heavy atom. The van der Waals surface area contributed by atoms with E-state index in [9.17, 15) is 4.79 Å². The molecule has 0 spiro atoms. The number of aryl methyl sites for hydroxylation is 1. The standard InChI is InChI=1S/C16H23NOS/c1-2-3-11-17-16(18)12-19-15-10-6-8-13-7-4-5-9-14(13)15/h4-5,7,9,15H,2-3,6,8,10-12H2,1H3,(H,17,18)/t15-/m1/s1. The summed E-state index contributed by atoms with van der Waals surface area (Å²) in [4.78, 5) is 11.7. The smallest absolute Gasteiger partial charge is 0.230 e. The van der Waals surface area contributed by atoms with Gasteiger partial charge in [-0.15, -0.1) is 11.8 Å². The molecule has 3 heteroatoms. The number of hydrogen-bond donors (Lipinski definition) is 1. The number of hydrogen-bond acceptors (Lipinski definition) is 2. The Kier molecular flexibility index (Phi) is 5.77. The first-order chi connectivity index (χ1) is 9.31. The van der Waals surface area contributed by atoms with Crippen molar-refractivity contribution in [3.05, 3.63) is 35.4 Å². The van der Waals surface area contributed by atoms with Crippen LogP contribution in [0, 0.1) is 0 Å². The molecule has 0 aliphatic heterocycles. The summed E-state index contributed by atoms with van der Waals surface area (Å²) in [5.74, 6) is 0.768. The zero-order valence-corrected chi connectivity index (χ0v) is 12.5. The number of amides is 1. The Hall–Kier alpha value is -0.960. The van der Waals surface area contributed by atoms with Crippen molar-refractivity contribution >= 4 is 17.7 Å². The molecule has 0 radical (unpaired) electrons. The molecule has 0 heterocycles. The molecular weight excluding hydrogens is 254 g/mol. The van der Waals surface area contributed by atoms with E-state index in [1.165, 1.54) is 30.4 Å². The quantitative estimate of drug-likeness (QED) is 0.803. The zero-order valence-electron chi connectivity index (χ0n) is 11.7. The number of benzene rings is 1. The van der Waals surface area contributed by atoms with Gasteiger partial charge in [-0.25, -0.2) is 0 Å². The van der Waals surface area contributed by atoms with E-state index in [0.29, 0.717) is 11.0 Å². The normalized spacial score (nSPS) is 17.8. The number of thioether (sulfide) groups is 1. The second-order valence-corrected chi connectivity index (χ2v) is 6.29. The van der Waals surface area contributed by atoms with Crippen LogP contribution in [0.25, 0.3) is 0 Å². The van der Waals surface area contributed by atoms with Crippen LogP contribution in [0.2, 0.25) is 0 Å². The Morgan fingerprint density at radius 1 is 1.42 bits per heavy atom. The van der Waals surface area contributed by atoms with Gasteiger partial charge in [0.2, 0.25) is 5.91 Å². The highest BCUT2D eigenvalue weighted by molar-refractivity contribution is 8.00. The number of carbonyl (C=O) groups excluding carboxylic acids is 1. The van der Waals surface area contributed by atoms with Gasteiger partial charge in [0.1, 0.15) is 0 Å². The number of fused-ring (bicyclic) bond motifs is 1. The Morgan fingerprint density at radius 3 is 3.11 bits per heavy atom.